The highest BCUT2D eigenvalue weighted by molar-refractivity contribution is 9.10. The molecule has 4 aromatic rings. The number of fused-ring (bicyclic) bond motifs is 2. The summed E-state index contributed by atoms with van der Waals surface area (Å²) in [6, 6.07) is 26.2. The van der Waals surface area contributed by atoms with Crippen LogP contribution in [0.1, 0.15) is 27.9 Å². The quantitative estimate of drug-likeness (QED) is 0.286. The number of aliphatic hydroxyl groups is 1. The van der Waals surface area contributed by atoms with Crippen molar-refractivity contribution in [2.45, 2.75) is 18.6 Å². The van der Waals surface area contributed by atoms with Crippen LogP contribution in [0.3, 0.4) is 0 Å². The number of nitrogens with zero attached hydrogens (tertiary/aromatic N) is 1. The average molecular weight is 565 g/mol. The van der Waals surface area contributed by atoms with E-state index in [0.29, 0.717) is 23.4 Å². The maximum absolute atomic E-state index is 13.5. The number of carbonyl (C=O) groups is 2. The van der Waals surface area contributed by atoms with Crippen LogP contribution in [0, 0.1) is 0 Å². The number of hydrogen-bond donors (Lipinski definition) is 1. The van der Waals surface area contributed by atoms with Gasteiger partial charge in [-0.25, -0.2) is 0 Å². The first kappa shape index (κ1) is 22.0. The third kappa shape index (κ3) is 4.03. The second-order valence-corrected chi connectivity index (χ2v) is 10.0. The fraction of sp³-hybridized carbons (Fsp3) is 0.111. The van der Waals surface area contributed by atoms with Crippen LogP contribution in [0.5, 0.6) is 0 Å². The third-order valence-corrected chi connectivity index (χ3v) is 7.06. The van der Waals surface area contributed by atoms with Crippen molar-refractivity contribution in [2.24, 2.45) is 0 Å². The Bertz CT molecular complexity index is 1400. The Kier molecular flexibility index (Phi) is 5.69. The van der Waals surface area contributed by atoms with Crippen LogP contribution in [0.15, 0.2) is 93.9 Å². The third-order valence-electron chi connectivity index (χ3n) is 6.04. The van der Waals surface area contributed by atoms with E-state index in [1.54, 1.807) is 23.1 Å². The molecule has 1 atom stereocenters. The Morgan fingerprint density at radius 3 is 2.30 bits per heavy atom. The number of hydrogen-bond acceptors (Lipinski definition) is 3. The van der Waals surface area contributed by atoms with E-state index in [4.69, 9.17) is 0 Å². The second-order valence-electron chi connectivity index (χ2n) is 8.20. The lowest BCUT2D eigenvalue weighted by Crippen LogP contribution is -2.41. The topological polar surface area (TPSA) is 57.6 Å². The Balaban J connectivity index is 1.50. The lowest BCUT2D eigenvalue weighted by Gasteiger charge is -2.23. The zero-order valence-corrected chi connectivity index (χ0v) is 20.6. The van der Waals surface area contributed by atoms with Crippen molar-refractivity contribution >= 4 is 60.0 Å². The number of halogens is 2. The second kappa shape index (κ2) is 8.52. The first-order valence-electron chi connectivity index (χ1n) is 10.5. The zero-order chi connectivity index (χ0) is 23.2. The van der Waals surface area contributed by atoms with Gasteiger partial charge in [0, 0.05) is 20.1 Å². The summed E-state index contributed by atoms with van der Waals surface area (Å²) in [5, 5.41) is 13.6. The predicted octanol–water partition coefficient (Wildman–Crippen LogP) is 6.37. The van der Waals surface area contributed by atoms with Gasteiger partial charge in [-0.1, -0.05) is 80.4 Å². The van der Waals surface area contributed by atoms with Crippen LogP contribution < -0.4 is 4.90 Å². The summed E-state index contributed by atoms with van der Waals surface area (Å²) in [5.74, 6) is -0.777. The minimum absolute atomic E-state index is 0.284. The lowest BCUT2D eigenvalue weighted by molar-refractivity contribution is -0.136. The van der Waals surface area contributed by atoms with E-state index in [9.17, 15) is 14.7 Å². The predicted molar refractivity (Wildman–Crippen MR) is 136 cm³/mol. The molecule has 5 rings (SSSR count). The number of anilines is 1. The maximum Gasteiger partial charge on any atom is 0.264 e. The molecular weight excluding hydrogens is 546 g/mol. The van der Waals surface area contributed by atoms with Crippen molar-refractivity contribution in [1.29, 1.82) is 0 Å². The highest BCUT2D eigenvalue weighted by atomic mass is 79.9. The first-order valence-corrected chi connectivity index (χ1v) is 12.0. The Morgan fingerprint density at radius 2 is 1.55 bits per heavy atom. The monoisotopic (exact) mass is 563 g/mol. The van der Waals surface area contributed by atoms with Crippen LogP contribution in [0.4, 0.5) is 5.69 Å². The summed E-state index contributed by atoms with van der Waals surface area (Å²) < 4.78 is 1.68. The molecule has 1 aliphatic rings. The number of Topliss-reactive ketones (excluding diaryl/α,β-unsaturated/α-hetero) is 1. The van der Waals surface area contributed by atoms with E-state index < -0.39 is 11.5 Å². The molecule has 0 aromatic heterocycles. The van der Waals surface area contributed by atoms with Gasteiger partial charge in [0.1, 0.15) is 0 Å². The number of amides is 1. The van der Waals surface area contributed by atoms with Gasteiger partial charge in [-0.2, -0.15) is 0 Å². The van der Waals surface area contributed by atoms with Crippen LogP contribution in [0.25, 0.3) is 10.8 Å². The molecule has 0 spiro atoms. The smallest absolute Gasteiger partial charge is 0.264 e. The molecule has 1 amide bonds. The van der Waals surface area contributed by atoms with Crippen LogP contribution >= 0.6 is 31.9 Å². The van der Waals surface area contributed by atoms with Gasteiger partial charge in [-0.15, -0.1) is 0 Å². The fourth-order valence-electron chi connectivity index (χ4n) is 4.32. The Hall–Kier alpha value is -2.80. The Labute approximate surface area is 208 Å². The molecule has 0 saturated carbocycles. The number of carbonyl (C=O) groups excluding carboxylic acids is 2. The summed E-state index contributed by atoms with van der Waals surface area (Å²) in [7, 11) is 0. The molecule has 1 aliphatic heterocycles. The van der Waals surface area contributed by atoms with Crippen molar-refractivity contribution in [1.82, 2.24) is 0 Å². The molecule has 1 unspecified atom stereocenters. The van der Waals surface area contributed by atoms with Crippen molar-refractivity contribution in [3.8, 4) is 0 Å². The molecule has 0 bridgehead atoms. The summed E-state index contributed by atoms with van der Waals surface area (Å²) in [6.45, 7) is 0.299. The van der Waals surface area contributed by atoms with E-state index in [-0.39, 0.29) is 12.2 Å². The van der Waals surface area contributed by atoms with Crippen molar-refractivity contribution < 1.29 is 14.7 Å². The van der Waals surface area contributed by atoms with Crippen molar-refractivity contribution in [3.63, 3.8) is 0 Å². The van der Waals surface area contributed by atoms with E-state index in [2.05, 4.69) is 31.9 Å². The van der Waals surface area contributed by atoms with E-state index in [1.807, 2.05) is 66.7 Å². The minimum atomic E-state index is -1.93. The fourth-order valence-corrected chi connectivity index (χ4v) is 4.95. The van der Waals surface area contributed by atoms with Crippen LogP contribution in [0.2, 0.25) is 0 Å². The van der Waals surface area contributed by atoms with Gasteiger partial charge in [0.05, 0.1) is 18.7 Å². The van der Waals surface area contributed by atoms with Crippen LogP contribution in [-0.4, -0.2) is 16.8 Å². The zero-order valence-electron chi connectivity index (χ0n) is 17.5. The number of ketones is 1. The first-order chi connectivity index (χ1) is 15.8. The normalized spacial score (nSPS) is 17.4. The van der Waals surface area contributed by atoms with Crippen LogP contribution in [-0.2, 0) is 16.9 Å². The maximum atomic E-state index is 13.5. The van der Waals surface area contributed by atoms with Gasteiger partial charge in [-0.05, 0) is 52.7 Å². The molecule has 6 heteroatoms. The molecule has 0 fully saturated rings. The molecule has 0 saturated heterocycles. The van der Waals surface area contributed by atoms with E-state index >= 15 is 0 Å². The molecular formula is C27H19Br2NO3. The van der Waals surface area contributed by atoms with Gasteiger partial charge in [0.2, 0.25) is 0 Å². The standard InChI is InChI=1S/C27H19Br2NO3/c28-21-9-5-17(6-10-21)16-30-24-12-11-22(29)14-23(24)27(33,26(30)32)15-25(31)20-8-7-18-3-1-2-4-19(18)13-20/h1-14,33H,15-16H2. The lowest BCUT2D eigenvalue weighted by atomic mass is 9.87. The van der Waals surface area contributed by atoms with Gasteiger partial charge < -0.3 is 10.0 Å². The van der Waals surface area contributed by atoms with E-state index in [0.717, 1.165) is 25.3 Å². The van der Waals surface area contributed by atoms with Gasteiger partial charge in [0.25, 0.3) is 5.91 Å². The molecule has 4 nitrogen and oxygen atoms in total. The minimum Gasteiger partial charge on any atom is -0.375 e. The van der Waals surface area contributed by atoms with Crippen molar-refractivity contribution in [2.75, 3.05) is 4.90 Å². The largest absolute Gasteiger partial charge is 0.375 e. The summed E-state index contributed by atoms with van der Waals surface area (Å²) in [4.78, 5) is 28.3. The summed E-state index contributed by atoms with van der Waals surface area (Å²) in [6.07, 6.45) is -0.329. The molecule has 0 radical (unpaired) electrons. The van der Waals surface area contributed by atoms with E-state index in [1.165, 1.54) is 0 Å². The average Bonchev–Trinajstić information content (AvgIpc) is 3.01. The van der Waals surface area contributed by atoms with Gasteiger partial charge in [0.15, 0.2) is 11.4 Å². The molecule has 0 aliphatic carbocycles. The molecule has 33 heavy (non-hydrogen) atoms. The molecule has 1 heterocycles. The highest BCUT2D eigenvalue weighted by Gasteiger charge is 2.51. The molecule has 4 aromatic carbocycles. The highest BCUT2D eigenvalue weighted by Crippen LogP contribution is 2.45. The Morgan fingerprint density at radius 1 is 0.848 bits per heavy atom. The van der Waals surface area contributed by atoms with Gasteiger partial charge >= 0.3 is 0 Å². The number of rotatable bonds is 5. The number of benzene rings is 4. The summed E-state index contributed by atoms with van der Waals surface area (Å²) >= 11 is 6.86. The molecule has 164 valence electrons. The molecule has 1 N–H and O–H groups in total. The van der Waals surface area contributed by atoms with Gasteiger partial charge in [-0.3, -0.25) is 9.59 Å². The summed E-state index contributed by atoms with van der Waals surface area (Å²) in [5.41, 5.74) is 0.508. The SMILES string of the molecule is O=C(CC1(O)C(=O)N(Cc2ccc(Br)cc2)c2ccc(Br)cc21)c1ccc2ccccc2c1. The van der Waals surface area contributed by atoms with Crippen molar-refractivity contribution in [3.05, 3.63) is 111 Å².